The molecule has 0 aliphatic heterocycles. The molecule has 3 nitrogen and oxygen atoms in total. The number of Topliss-reactive ketones (excluding diaryl/α,β-unsaturated/α-hetero) is 1. The summed E-state index contributed by atoms with van der Waals surface area (Å²) < 4.78 is 0. The fourth-order valence-electron chi connectivity index (χ4n) is 1.73. The van der Waals surface area contributed by atoms with E-state index in [1.807, 2.05) is 0 Å². The first-order chi connectivity index (χ1) is 8.58. The summed E-state index contributed by atoms with van der Waals surface area (Å²) >= 11 is 17.6. The Kier molecular flexibility index (Phi) is 4.49. The van der Waals surface area contributed by atoms with Crippen molar-refractivity contribution >= 4 is 52.0 Å². The molecular weight excluding hydrogens is 295 g/mol. The molecule has 0 spiro atoms. The molecule has 18 heavy (non-hydrogen) atoms. The highest BCUT2D eigenvalue weighted by molar-refractivity contribution is 6.48. The molecule has 0 bridgehead atoms. The first kappa shape index (κ1) is 13.7. The second-order valence-corrected chi connectivity index (χ2v) is 5.25. The van der Waals surface area contributed by atoms with Crippen molar-refractivity contribution in [1.82, 2.24) is 0 Å². The van der Waals surface area contributed by atoms with E-state index in [9.17, 15) is 4.79 Å². The van der Waals surface area contributed by atoms with E-state index in [0.29, 0.717) is 39.3 Å². The number of halogens is 3. The number of nitrogens with one attached hydrogen (secondary N) is 1. The van der Waals surface area contributed by atoms with E-state index >= 15 is 0 Å². The van der Waals surface area contributed by atoms with Crippen LogP contribution in [0.2, 0.25) is 15.1 Å². The topological polar surface area (TPSA) is 41.5 Å². The highest BCUT2D eigenvalue weighted by Gasteiger charge is 2.16. The van der Waals surface area contributed by atoms with Gasteiger partial charge in [-0.25, -0.2) is 0 Å². The SMILES string of the molecule is O=C1CCCC/C1=N\Nc1cc(Cl)c(Cl)c(Cl)c1. The predicted molar refractivity (Wildman–Crippen MR) is 76.0 cm³/mol. The molecule has 0 saturated heterocycles. The molecule has 0 atom stereocenters. The monoisotopic (exact) mass is 304 g/mol. The normalized spacial score (nSPS) is 18.2. The number of hydrogen-bond acceptors (Lipinski definition) is 3. The van der Waals surface area contributed by atoms with Gasteiger partial charge in [-0.15, -0.1) is 0 Å². The lowest BCUT2D eigenvalue weighted by atomic mass is 9.97. The number of benzene rings is 1. The molecule has 1 aromatic rings. The Bertz CT molecular complexity index is 491. The zero-order valence-electron chi connectivity index (χ0n) is 9.47. The minimum atomic E-state index is 0.0971. The molecule has 1 aliphatic rings. The minimum Gasteiger partial charge on any atom is -0.293 e. The maximum atomic E-state index is 11.6. The minimum absolute atomic E-state index is 0.0971. The molecular formula is C12H11Cl3N2O. The van der Waals surface area contributed by atoms with E-state index in [2.05, 4.69) is 10.5 Å². The van der Waals surface area contributed by atoms with E-state index in [1.165, 1.54) is 0 Å². The maximum absolute atomic E-state index is 11.6. The number of anilines is 1. The second kappa shape index (κ2) is 5.91. The van der Waals surface area contributed by atoms with Crippen LogP contribution in [0.25, 0.3) is 0 Å². The van der Waals surface area contributed by atoms with Gasteiger partial charge in [-0.2, -0.15) is 5.10 Å². The van der Waals surface area contributed by atoms with Crippen LogP contribution in [0.3, 0.4) is 0 Å². The molecule has 0 heterocycles. The van der Waals surface area contributed by atoms with Gasteiger partial charge in [0.15, 0.2) is 5.78 Å². The Labute approximate surface area is 120 Å². The Balaban J connectivity index is 2.14. The van der Waals surface area contributed by atoms with Crippen LogP contribution in [-0.2, 0) is 4.79 Å². The first-order valence-electron chi connectivity index (χ1n) is 5.58. The molecule has 1 N–H and O–H groups in total. The van der Waals surface area contributed by atoms with Gasteiger partial charge in [-0.3, -0.25) is 10.2 Å². The van der Waals surface area contributed by atoms with Crippen LogP contribution in [0.1, 0.15) is 25.7 Å². The van der Waals surface area contributed by atoms with E-state index in [-0.39, 0.29) is 5.78 Å². The number of carbonyl (C=O) groups is 1. The maximum Gasteiger partial charge on any atom is 0.178 e. The molecule has 1 saturated carbocycles. The summed E-state index contributed by atoms with van der Waals surface area (Å²) in [6.45, 7) is 0. The van der Waals surface area contributed by atoms with Crippen LogP contribution in [0.15, 0.2) is 17.2 Å². The van der Waals surface area contributed by atoms with Gasteiger partial charge >= 0.3 is 0 Å². The van der Waals surface area contributed by atoms with Crippen molar-refractivity contribution in [3.63, 3.8) is 0 Å². The Morgan fingerprint density at radius 3 is 2.28 bits per heavy atom. The van der Waals surface area contributed by atoms with Gasteiger partial charge in [0.25, 0.3) is 0 Å². The van der Waals surface area contributed by atoms with Gasteiger partial charge in [0, 0.05) is 6.42 Å². The number of hydrogen-bond donors (Lipinski definition) is 1. The average molecular weight is 306 g/mol. The van der Waals surface area contributed by atoms with Gasteiger partial charge in [0.2, 0.25) is 0 Å². The third-order valence-electron chi connectivity index (χ3n) is 2.69. The number of carbonyl (C=O) groups excluding carboxylic acids is 1. The second-order valence-electron chi connectivity index (χ2n) is 4.05. The summed E-state index contributed by atoms with van der Waals surface area (Å²) in [4.78, 5) is 11.6. The third kappa shape index (κ3) is 3.16. The fraction of sp³-hybridized carbons (Fsp3) is 0.333. The van der Waals surface area contributed by atoms with Crippen LogP contribution in [-0.4, -0.2) is 11.5 Å². The summed E-state index contributed by atoms with van der Waals surface area (Å²) in [5, 5.41) is 5.11. The molecule has 2 rings (SSSR count). The molecule has 0 aromatic heterocycles. The van der Waals surface area contributed by atoms with E-state index in [1.54, 1.807) is 12.1 Å². The lowest BCUT2D eigenvalue weighted by Gasteiger charge is -2.12. The van der Waals surface area contributed by atoms with Crippen LogP contribution >= 0.6 is 34.8 Å². The zero-order chi connectivity index (χ0) is 13.1. The van der Waals surface area contributed by atoms with Gasteiger partial charge in [-0.1, -0.05) is 34.8 Å². The Morgan fingerprint density at radius 2 is 1.67 bits per heavy atom. The van der Waals surface area contributed by atoms with Crippen molar-refractivity contribution in [2.45, 2.75) is 25.7 Å². The standard InChI is InChI=1S/C12H11Cl3N2O/c13-8-5-7(6-9(14)12(8)15)16-17-10-3-1-2-4-11(10)18/h5-6,16H,1-4H2/b17-10+. The molecule has 1 aromatic carbocycles. The average Bonchev–Trinajstić information content (AvgIpc) is 2.35. The molecule has 0 radical (unpaired) electrons. The van der Waals surface area contributed by atoms with Crippen molar-refractivity contribution in [2.24, 2.45) is 5.10 Å². The predicted octanol–water partition coefficient (Wildman–Crippen LogP) is 4.56. The van der Waals surface area contributed by atoms with E-state index < -0.39 is 0 Å². The number of hydrazone groups is 1. The molecule has 96 valence electrons. The van der Waals surface area contributed by atoms with E-state index in [4.69, 9.17) is 34.8 Å². The molecule has 1 aliphatic carbocycles. The summed E-state index contributed by atoms with van der Waals surface area (Å²) in [6, 6.07) is 3.24. The van der Waals surface area contributed by atoms with Gasteiger partial charge in [-0.05, 0) is 31.4 Å². The van der Waals surface area contributed by atoms with Crippen molar-refractivity contribution < 1.29 is 4.79 Å². The Hall–Kier alpha value is -0.770. The first-order valence-corrected chi connectivity index (χ1v) is 6.71. The molecule has 1 fully saturated rings. The van der Waals surface area contributed by atoms with Crippen molar-refractivity contribution in [3.05, 3.63) is 27.2 Å². The summed E-state index contributed by atoms with van der Waals surface area (Å²) in [5.41, 5.74) is 3.98. The van der Waals surface area contributed by atoms with Crippen molar-refractivity contribution in [1.29, 1.82) is 0 Å². The number of ketones is 1. The number of rotatable bonds is 2. The van der Waals surface area contributed by atoms with Crippen molar-refractivity contribution in [2.75, 3.05) is 5.43 Å². The highest BCUT2D eigenvalue weighted by Crippen LogP contribution is 2.33. The molecule has 6 heteroatoms. The van der Waals surface area contributed by atoms with E-state index in [0.717, 1.165) is 12.8 Å². The number of nitrogens with zero attached hydrogens (tertiary/aromatic N) is 1. The largest absolute Gasteiger partial charge is 0.293 e. The van der Waals surface area contributed by atoms with Gasteiger partial charge < -0.3 is 0 Å². The molecule has 0 amide bonds. The smallest absolute Gasteiger partial charge is 0.178 e. The van der Waals surface area contributed by atoms with Crippen LogP contribution in [0.4, 0.5) is 5.69 Å². The lowest BCUT2D eigenvalue weighted by Crippen LogP contribution is -2.19. The summed E-state index contributed by atoms with van der Waals surface area (Å²) in [6.07, 6.45) is 3.22. The van der Waals surface area contributed by atoms with Gasteiger partial charge in [0.1, 0.15) is 5.71 Å². The zero-order valence-corrected chi connectivity index (χ0v) is 11.7. The summed E-state index contributed by atoms with van der Waals surface area (Å²) in [5.74, 6) is 0.0971. The molecule has 0 unspecified atom stereocenters. The van der Waals surface area contributed by atoms with Crippen LogP contribution in [0.5, 0.6) is 0 Å². The third-order valence-corrected chi connectivity index (χ3v) is 3.89. The highest BCUT2D eigenvalue weighted by atomic mass is 35.5. The van der Waals surface area contributed by atoms with Gasteiger partial charge in [0.05, 0.1) is 20.8 Å². The fourth-order valence-corrected chi connectivity index (χ4v) is 2.33. The van der Waals surface area contributed by atoms with Crippen LogP contribution < -0.4 is 5.43 Å². The summed E-state index contributed by atoms with van der Waals surface area (Å²) in [7, 11) is 0. The quantitative estimate of drug-likeness (QED) is 0.643. The van der Waals surface area contributed by atoms with Crippen LogP contribution in [0, 0.1) is 0 Å². The Morgan fingerprint density at radius 1 is 1.06 bits per heavy atom. The van der Waals surface area contributed by atoms with Crippen molar-refractivity contribution in [3.8, 4) is 0 Å². The lowest BCUT2D eigenvalue weighted by molar-refractivity contribution is -0.113.